The Labute approximate surface area is 178 Å². The molecule has 4 aromatic rings. The third-order valence-electron chi connectivity index (χ3n) is 4.79. The minimum atomic E-state index is -0.201. The third kappa shape index (κ3) is 4.11. The van der Waals surface area contributed by atoms with Gasteiger partial charge in [-0.05, 0) is 37.1 Å². The van der Waals surface area contributed by atoms with E-state index in [9.17, 15) is 4.79 Å². The highest BCUT2D eigenvalue weighted by Crippen LogP contribution is 2.25. The highest BCUT2D eigenvalue weighted by Gasteiger charge is 2.23. The molecule has 0 aliphatic carbocycles. The second-order valence-electron chi connectivity index (χ2n) is 7.24. The number of aromatic amines is 1. The molecule has 0 saturated heterocycles. The van der Waals surface area contributed by atoms with Crippen LogP contribution in [-0.4, -0.2) is 36.4 Å². The quantitative estimate of drug-likeness (QED) is 0.414. The fourth-order valence-corrected chi connectivity index (χ4v) is 4.10. The lowest BCUT2D eigenvalue weighted by Gasteiger charge is -2.20. The molecule has 1 aromatic carbocycles. The summed E-state index contributed by atoms with van der Waals surface area (Å²) in [4.78, 5) is 20.7. The van der Waals surface area contributed by atoms with E-state index in [0.717, 1.165) is 16.9 Å². The summed E-state index contributed by atoms with van der Waals surface area (Å²) in [7, 11) is 0. The van der Waals surface area contributed by atoms with Gasteiger partial charge in [0.25, 0.3) is 0 Å². The fourth-order valence-electron chi connectivity index (χ4n) is 3.28. The van der Waals surface area contributed by atoms with E-state index in [2.05, 4.69) is 39.3 Å². The minimum absolute atomic E-state index is 0.0793. The first-order valence-electron chi connectivity index (χ1n) is 9.90. The van der Waals surface area contributed by atoms with Crippen LogP contribution in [0.4, 0.5) is 0 Å². The monoisotopic (exact) mass is 424 g/mol. The van der Waals surface area contributed by atoms with E-state index < -0.39 is 0 Å². The van der Waals surface area contributed by atoms with Gasteiger partial charge in [-0.3, -0.25) is 9.36 Å². The number of rotatable bonds is 8. The van der Waals surface area contributed by atoms with E-state index in [0.29, 0.717) is 23.3 Å². The molecule has 156 valence electrons. The van der Waals surface area contributed by atoms with Gasteiger partial charge in [0.2, 0.25) is 5.91 Å². The second kappa shape index (κ2) is 8.74. The molecule has 1 amide bonds. The summed E-state index contributed by atoms with van der Waals surface area (Å²) in [6.07, 6.45) is 1.61. The number of fused-ring (bicyclic) bond motifs is 1. The fraction of sp³-hybridized carbons (Fsp3) is 0.333. The molecule has 1 unspecified atom stereocenters. The van der Waals surface area contributed by atoms with Gasteiger partial charge in [-0.2, -0.15) is 0 Å². The van der Waals surface area contributed by atoms with Gasteiger partial charge in [0.1, 0.15) is 5.82 Å². The molecule has 0 fully saturated rings. The number of benzene rings is 1. The first-order chi connectivity index (χ1) is 14.6. The molecule has 3 aromatic heterocycles. The Morgan fingerprint density at radius 1 is 1.23 bits per heavy atom. The topological polar surface area (TPSA) is 102 Å². The summed E-state index contributed by atoms with van der Waals surface area (Å²) < 4.78 is 7.37. The Hall–Kier alpha value is -3.07. The molecule has 1 atom stereocenters. The zero-order valence-electron chi connectivity index (χ0n) is 17.1. The number of imidazole rings is 1. The number of furan rings is 1. The molecule has 0 bridgehead atoms. The second-order valence-corrected chi connectivity index (χ2v) is 8.19. The Bertz CT molecular complexity index is 1100. The predicted molar refractivity (Wildman–Crippen MR) is 116 cm³/mol. The van der Waals surface area contributed by atoms with Crippen LogP contribution < -0.4 is 5.32 Å². The standard InChI is InChI=1S/C21H24N6O2S/c1-4-27-20(16-10-7-11-29-16)25-26-21(27)30-12-17(28)24-18(13(2)3)19-22-14-8-5-6-9-15(14)23-19/h5-11,13,18H,4,12H2,1-3H3,(H,22,23)(H,24,28). The van der Waals surface area contributed by atoms with Crippen molar-refractivity contribution in [1.82, 2.24) is 30.0 Å². The molecule has 30 heavy (non-hydrogen) atoms. The van der Waals surface area contributed by atoms with Crippen LogP contribution in [0.2, 0.25) is 0 Å². The minimum Gasteiger partial charge on any atom is -0.461 e. The average molecular weight is 425 g/mol. The summed E-state index contributed by atoms with van der Waals surface area (Å²) in [5.41, 5.74) is 1.85. The van der Waals surface area contributed by atoms with E-state index in [-0.39, 0.29) is 23.6 Å². The van der Waals surface area contributed by atoms with Crippen LogP contribution in [0.25, 0.3) is 22.6 Å². The number of aromatic nitrogens is 5. The molecule has 9 heteroatoms. The number of carbonyl (C=O) groups excluding carboxylic acids is 1. The summed E-state index contributed by atoms with van der Waals surface area (Å²) in [5.74, 6) is 2.42. The van der Waals surface area contributed by atoms with Crippen molar-refractivity contribution in [2.45, 2.75) is 38.5 Å². The largest absolute Gasteiger partial charge is 0.461 e. The zero-order valence-corrected chi connectivity index (χ0v) is 17.9. The van der Waals surface area contributed by atoms with Crippen molar-refractivity contribution in [3.63, 3.8) is 0 Å². The number of nitrogens with zero attached hydrogens (tertiary/aromatic N) is 4. The highest BCUT2D eigenvalue weighted by atomic mass is 32.2. The number of nitrogens with one attached hydrogen (secondary N) is 2. The maximum atomic E-state index is 12.7. The molecule has 0 aliphatic rings. The Morgan fingerprint density at radius 2 is 2.07 bits per heavy atom. The smallest absolute Gasteiger partial charge is 0.231 e. The molecular formula is C21H24N6O2S. The summed E-state index contributed by atoms with van der Waals surface area (Å²) in [6.45, 7) is 6.82. The van der Waals surface area contributed by atoms with Gasteiger partial charge in [0, 0.05) is 6.54 Å². The van der Waals surface area contributed by atoms with Crippen LogP contribution in [0.5, 0.6) is 0 Å². The molecule has 0 saturated carbocycles. The number of amides is 1. The van der Waals surface area contributed by atoms with Crippen molar-refractivity contribution >= 4 is 28.7 Å². The summed E-state index contributed by atoms with van der Waals surface area (Å²) in [6, 6.07) is 11.3. The SMILES string of the molecule is CCn1c(SCC(=O)NC(c2nc3ccccc3[nH]2)C(C)C)nnc1-c1ccco1. The van der Waals surface area contributed by atoms with E-state index >= 15 is 0 Å². The number of hydrogen-bond acceptors (Lipinski definition) is 6. The zero-order chi connectivity index (χ0) is 21.1. The van der Waals surface area contributed by atoms with Gasteiger partial charge >= 0.3 is 0 Å². The molecule has 2 N–H and O–H groups in total. The number of thioether (sulfide) groups is 1. The van der Waals surface area contributed by atoms with Crippen LogP contribution in [0.1, 0.15) is 32.6 Å². The Kier molecular flexibility index (Phi) is 5.89. The van der Waals surface area contributed by atoms with Crippen LogP contribution in [0.15, 0.2) is 52.2 Å². The number of carbonyl (C=O) groups is 1. The van der Waals surface area contributed by atoms with Gasteiger partial charge in [0.15, 0.2) is 16.7 Å². The van der Waals surface area contributed by atoms with Gasteiger partial charge in [-0.1, -0.05) is 37.7 Å². The Morgan fingerprint density at radius 3 is 2.77 bits per heavy atom. The van der Waals surface area contributed by atoms with E-state index in [1.165, 1.54) is 11.8 Å². The van der Waals surface area contributed by atoms with Crippen LogP contribution >= 0.6 is 11.8 Å². The van der Waals surface area contributed by atoms with Gasteiger partial charge in [-0.25, -0.2) is 4.98 Å². The predicted octanol–water partition coefficient (Wildman–Crippen LogP) is 4.04. The molecule has 8 nitrogen and oxygen atoms in total. The van der Waals surface area contributed by atoms with Crippen molar-refractivity contribution in [3.05, 3.63) is 48.5 Å². The molecule has 4 rings (SSSR count). The lowest BCUT2D eigenvalue weighted by Crippen LogP contribution is -2.33. The van der Waals surface area contributed by atoms with Crippen LogP contribution in [-0.2, 0) is 11.3 Å². The number of H-pyrrole nitrogens is 1. The lowest BCUT2D eigenvalue weighted by molar-refractivity contribution is -0.119. The van der Waals surface area contributed by atoms with E-state index in [1.54, 1.807) is 6.26 Å². The third-order valence-corrected chi connectivity index (χ3v) is 5.76. The highest BCUT2D eigenvalue weighted by molar-refractivity contribution is 7.99. The molecule has 0 radical (unpaired) electrons. The summed E-state index contributed by atoms with van der Waals surface area (Å²) >= 11 is 1.36. The van der Waals surface area contributed by atoms with E-state index in [4.69, 9.17) is 4.42 Å². The lowest BCUT2D eigenvalue weighted by atomic mass is 10.0. The number of hydrogen-bond donors (Lipinski definition) is 2. The normalized spacial score (nSPS) is 12.5. The van der Waals surface area contributed by atoms with E-state index in [1.807, 2.05) is 47.9 Å². The number of para-hydroxylation sites is 2. The van der Waals surface area contributed by atoms with Gasteiger partial charge < -0.3 is 14.7 Å². The maximum Gasteiger partial charge on any atom is 0.231 e. The van der Waals surface area contributed by atoms with Crippen molar-refractivity contribution in [2.75, 3.05) is 5.75 Å². The van der Waals surface area contributed by atoms with Crippen molar-refractivity contribution in [2.24, 2.45) is 5.92 Å². The van der Waals surface area contributed by atoms with Crippen LogP contribution in [0.3, 0.4) is 0 Å². The van der Waals surface area contributed by atoms with Crippen molar-refractivity contribution in [3.8, 4) is 11.6 Å². The molecule has 0 aliphatic heterocycles. The van der Waals surface area contributed by atoms with Gasteiger partial charge in [0.05, 0.1) is 29.1 Å². The van der Waals surface area contributed by atoms with Crippen molar-refractivity contribution in [1.29, 1.82) is 0 Å². The molecular weight excluding hydrogens is 400 g/mol. The summed E-state index contributed by atoms with van der Waals surface area (Å²) in [5, 5.41) is 12.2. The molecule has 0 spiro atoms. The Balaban J connectivity index is 1.44. The first kappa shape index (κ1) is 20.2. The van der Waals surface area contributed by atoms with Crippen molar-refractivity contribution < 1.29 is 9.21 Å². The first-order valence-corrected chi connectivity index (χ1v) is 10.9. The van der Waals surface area contributed by atoms with Crippen LogP contribution in [0, 0.1) is 5.92 Å². The van der Waals surface area contributed by atoms with Gasteiger partial charge in [-0.15, -0.1) is 10.2 Å². The maximum absolute atomic E-state index is 12.7. The molecule has 3 heterocycles. The average Bonchev–Trinajstić information content (AvgIpc) is 3.48.